The number of aromatic nitrogens is 3. The molecule has 0 amide bonds. The third kappa shape index (κ3) is 1.78. The van der Waals surface area contributed by atoms with Crippen LogP contribution in [0.15, 0.2) is 18.2 Å². The van der Waals surface area contributed by atoms with Gasteiger partial charge in [-0.15, -0.1) is 5.10 Å². The predicted molar refractivity (Wildman–Crippen MR) is 56.4 cm³/mol. The van der Waals surface area contributed by atoms with Gasteiger partial charge in [-0.1, -0.05) is 5.21 Å². The van der Waals surface area contributed by atoms with E-state index in [9.17, 15) is 9.90 Å². The van der Waals surface area contributed by atoms with Crippen LogP contribution >= 0.6 is 0 Å². The molecular formula is C10H9N3O4. The Bertz CT molecular complexity index is 591. The molecule has 7 heteroatoms. The first-order valence-corrected chi connectivity index (χ1v) is 4.68. The molecule has 1 aromatic carbocycles. The first-order valence-electron chi connectivity index (χ1n) is 4.68. The van der Waals surface area contributed by atoms with Gasteiger partial charge >= 0.3 is 5.97 Å². The Balaban J connectivity index is 2.53. The van der Waals surface area contributed by atoms with E-state index < -0.39 is 5.97 Å². The lowest BCUT2D eigenvalue weighted by atomic mass is 10.2. The number of rotatable bonds is 2. The highest BCUT2D eigenvalue weighted by Crippen LogP contribution is 2.27. The molecule has 0 saturated carbocycles. The molecule has 1 aromatic heterocycles. The molecule has 0 radical (unpaired) electrons. The summed E-state index contributed by atoms with van der Waals surface area (Å²) in [4.78, 5) is 10.8. The van der Waals surface area contributed by atoms with Crippen molar-refractivity contribution in [2.75, 3.05) is 0 Å². The maximum Gasteiger partial charge on any atom is 0.358 e. The summed E-state index contributed by atoms with van der Waals surface area (Å²) in [6.07, 6.45) is 0. The van der Waals surface area contributed by atoms with Gasteiger partial charge in [0, 0.05) is 6.07 Å². The highest BCUT2D eigenvalue weighted by Gasteiger charge is 2.16. The Morgan fingerprint density at radius 1 is 1.29 bits per heavy atom. The normalized spacial score (nSPS) is 10.4. The molecule has 0 atom stereocenters. The predicted octanol–water partition coefficient (Wildman–Crippen LogP) is 0.685. The zero-order valence-corrected chi connectivity index (χ0v) is 8.82. The summed E-state index contributed by atoms with van der Waals surface area (Å²) < 4.78 is 1.27. The standard InChI is InChI=1S/C10H9N3O4/c1-5-9(10(16)17)11-12-13(5)6-2-3-7(14)8(15)4-6/h2-4,14-15H,1H3,(H,16,17). The third-order valence-electron chi connectivity index (χ3n) is 2.30. The van der Waals surface area contributed by atoms with Crippen molar-refractivity contribution in [3.8, 4) is 17.2 Å². The second-order valence-electron chi connectivity index (χ2n) is 3.41. The van der Waals surface area contributed by atoms with E-state index >= 15 is 0 Å². The Morgan fingerprint density at radius 2 is 2.00 bits per heavy atom. The summed E-state index contributed by atoms with van der Waals surface area (Å²) in [6, 6.07) is 4.04. The molecule has 0 saturated heterocycles. The number of hydrogen-bond donors (Lipinski definition) is 3. The van der Waals surface area contributed by atoms with Crippen LogP contribution in [0.4, 0.5) is 0 Å². The zero-order valence-electron chi connectivity index (χ0n) is 8.82. The van der Waals surface area contributed by atoms with Crippen LogP contribution in [0.2, 0.25) is 0 Å². The lowest BCUT2D eigenvalue weighted by Crippen LogP contribution is -2.02. The quantitative estimate of drug-likeness (QED) is 0.660. The monoisotopic (exact) mass is 235 g/mol. The van der Waals surface area contributed by atoms with Crippen molar-refractivity contribution in [3.05, 3.63) is 29.6 Å². The van der Waals surface area contributed by atoms with E-state index in [4.69, 9.17) is 10.2 Å². The van der Waals surface area contributed by atoms with E-state index in [0.717, 1.165) is 0 Å². The molecule has 17 heavy (non-hydrogen) atoms. The van der Waals surface area contributed by atoms with Crippen LogP contribution in [0.1, 0.15) is 16.2 Å². The molecule has 0 aliphatic rings. The van der Waals surface area contributed by atoms with Crippen LogP contribution in [-0.2, 0) is 0 Å². The summed E-state index contributed by atoms with van der Waals surface area (Å²) in [6.45, 7) is 1.55. The molecule has 0 bridgehead atoms. The Kier molecular flexibility index (Phi) is 2.43. The zero-order chi connectivity index (χ0) is 12.6. The maximum atomic E-state index is 10.8. The fourth-order valence-corrected chi connectivity index (χ4v) is 1.42. The van der Waals surface area contributed by atoms with Crippen LogP contribution < -0.4 is 0 Å². The van der Waals surface area contributed by atoms with Crippen molar-refractivity contribution in [2.24, 2.45) is 0 Å². The van der Waals surface area contributed by atoms with Crippen molar-refractivity contribution in [1.29, 1.82) is 0 Å². The number of carboxylic acids is 1. The van der Waals surface area contributed by atoms with Crippen LogP contribution in [0.5, 0.6) is 11.5 Å². The highest BCUT2D eigenvalue weighted by molar-refractivity contribution is 5.86. The first-order chi connectivity index (χ1) is 8.00. The fraction of sp³-hybridized carbons (Fsp3) is 0.100. The second-order valence-corrected chi connectivity index (χ2v) is 3.41. The van der Waals surface area contributed by atoms with E-state index in [0.29, 0.717) is 11.4 Å². The highest BCUT2D eigenvalue weighted by atomic mass is 16.4. The SMILES string of the molecule is Cc1c(C(=O)O)nnn1-c1ccc(O)c(O)c1. The first kappa shape index (κ1) is 10.9. The molecule has 1 heterocycles. The van der Waals surface area contributed by atoms with Gasteiger partial charge in [-0.3, -0.25) is 0 Å². The number of carboxylic acid groups (broad SMARTS) is 1. The van der Waals surface area contributed by atoms with Crippen molar-refractivity contribution >= 4 is 5.97 Å². The molecule has 0 spiro atoms. The molecule has 0 aliphatic carbocycles. The summed E-state index contributed by atoms with van der Waals surface area (Å²) >= 11 is 0. The number of aromatic hydroxyl groups is 2. The number of aromatic carboxylic acids is 1. The van der Waals surface area contributed by atoms with Gasteiger partial charge in [-0.05, 0) is 19.1 Å². The van der Waals surface area contributed by atoms with E-state index in [1.54, 1.807) is 6.92 Å². The van der Waals surface area contributed by atoms with Gasteiger partial charge in [-0.25, -0.2) is 9.48 Å². The average molecular weight is 235 g/mol. The van der Waals surface area contributed by atoms with Gasteiger partial charge in [-0.2, -0.15) is 0 Å². The number of benzene rings is 1. The van der Waals surface area contributed by atoms with E-state index in [-0.39, 0.29) is 17.2 Å². The number of phenols is 2. The molecule has 2 aromatic rings. The van der Waals surface area contributed by atoms with Gasteiger partial charge in [0.15, 0.2) is 17.2 Å². The van der Waals surface area contributed by atoms with Gasteiger partial charge in [0.05, 0.1) is 11.4 Å². The Labute approximate surface area is 95.6 Å². The molecular weight excluding hydrogens is 226 g/mol. The molecule has 0 fully saturated rings. The summed E-state index contributed by atoms with van der Waals surface area (Å²) in [5, 5.41) is 34.5. The fourth-order valence-electron chi connectivity index (χ4n) is 1.42. The minimum absolute atomic E-state index is 0.155. The number of nitrogens with zero attached hydrogens (tertiary/aromatic N) is 3. The lowest BCUT2D eigenvalue weighted by molar-refractivity contribution is 0.0689. The summed E-state index contributed by atoms with van der Waals surface area (Å²) in [5.74, 6) is -1.74. The second kappa shape index (κ2) is 3.78. The van der Waals surface area contributed by atoms with Crippen LogP contribution in [0, 0.1) is 6.92 Å². The molecule has 0 unspecified atom stereocenters. The minimum atomic E-state index is -1.17. The number of hydrogen-bond acceptors (Lipinski definition) is 5. The van der Waals surface area contributed by atoms with Crippen molar-refractivity contribution < 1.29 is 20.1 Å². The van der Waals surface area contributed by atoms with E-state index in [1.807, 2.05) is 0 Å². The van der Waals surface area contributed by atoms with Crippen LogP contribution in [0.25, 0.3) is 5.69 Å². The largest absolute Gasteiger partial charge is 0.504 e. The minimum Gasteiger partial charge on any atom is -0.504 e. The van der Waals surface area contributed by atoms with Gasteiger partial charge in [0.1, 0.15) is 0 Å². The number of phenolic OH excluding ortho intramolecular Hbond substituents is 2. The topological polar surface area (TPSA) is 108 Å². The van der Waals surface area contributed by atoms with Crippen molar-refractivity contribution in [3.63, 3.8) is 0 Å². The smallest absolute Gasteiger partial charge is 0.358 e. The Hall–Kier alpha value is -2.57. The molecule has 3 N–H and O–H groups in total. The van der Waals surface area contributed by atoms with Gasteiger partial charge in [0.25, 0.3) is 0 Å². The third-order valence-corrected chi connectivity index (χ3v) is 2.30. The average Bonchev–Trinajstić information content (AvgIpc) is 2.64. The Morgan fingerprint density at radius 3 is 2.53 bits per heavy atom. The maximum absolute atomic E-state index is 10.8. The van der Waals surface area contributed by atoms with E-state index in [2.05, 4.69) is 10.3 Å². The number of carbonyl (C=O) groups is 1. The van der Waals surface area contributed by atoms with Crippen LogP contribution in [-0.4, -0.2) is 36.3 Å². The molecule has 7 nitrogen and oxygen atoms in total. The van der Waals surface area contributed by atoms with Gasteiger partial charge in [0.2, 0.25) is 0 Å². The molecule has 2 rings (SSSR count). The van der Waals surface area contributed by atoms with E-state index in [1.165, 1.54) is 22.9 Å². The lowest BCUT2D eigenvalue weighted by Gasteiger charge is -2.04. The molecule has 88 valence electrons. The summed E-state index contributed by atoms with van der Waals surface area (Å²) in [7, 11) is 0. The van der Waals surface area contributed by atoms with Crippen LogP contribution in [0.3, 0.4) is 0 Å². The molecule has 0 aliphatic heterocycles. The van der Waals surface area contributed by atoms with Crippen molar-refractivity contribution in [2.45, 2.75) is 6.92 Å². The summed E-state index contributed by atoms with van der Waals surface area (Å²) in [5.41, 5.74) is 0.595. The van der Waals surface area contributed by atoms with Crippen molar-refractivity contribution in [1.82, 2.24) is 15.0 Å². The van der Waals surface area contributed by atoms with Gasteiger partial charge < -0.3 is 15.3 Å².